The van der Waals surface area contributed by atoms with Gasteiger partial charge in [-0.15, -0.1) is 0 Å². The third-order valence-corrected chi connectivity index (χ3v) is 9.26. The third kappa shape index (κ3) is 3.86. The second-order valence-electron chi connectivity index (χ2n) is 7.52. The molecule has 4 rings (SSSR count). The Morgan fingerprint density at radius 2 is 1.50 bits per heavy atom. The molecule has 3 nitrogen and oxygen atoms in total. The summed E-state index contributed by atoms with van der Waals surface area (Å²) in [6.07, 6.45) is 7.68. The summed E-state index contributed by atoms with van der Waals surface area (Å²) in [5.41, 5.74) is 5.01. The predicted molar refractivity (Wildman–Crippen MR) is 116 cm³/mol. The van der Waals surface area contributed by atoms with Crippen molar-refractivity contribution < 1.29 is 9.53 Å². The molecule has 0 aliphatic carbocycles. The summed E-state index contributed by atoms with van der Waals surface area (Å²) >= 11 is 0. The Hall–Kier alpha value is -2.12. The molecule has 1 amide bonds. The molecule has 2 atom stereocenters. The topological polar surface area (TPSA) is 29.5 Å². The maximum Gasteiger partial charge on any atom is 0.414 e. The Bertz CT molecular complexity index is 774. The van der Waals surface area contributed by atoms with Crippen LogP contribution >= 0.6 is 7.92 Å². The van der Waals surface area contributed by atoms with Crippen molar-refractivity contribution in [2.45, 2.75) is 43.4 Å². The number of ether oxygens (including phenoxy) is 1. The number of hydrogen-bond acceptors (Lipinski definition) is 2. The molecule has 0 spiro atoms. The van der Waals surface area contributed by atoms with E-state index in [1.54, 1.807) is 0 Å². The van der Waals surface area contributed by atoms with Crippen LogP contribution in [-0.2, 0) is 4.74 Å². The first kappa shape index (κ1) is 19.2. The number of hydrogen-bond donors (Lipinski definition) is 0. The fourth-order valence-electron chi connectivity index (χ4n) is 4.55. The Balaban J connectivity index is 1.78. The maximum absolute atomic E-state index is 12.6. The molecule has 1 saturated heterocycles. The number of nitrogens with zero attached hydrogens (tertiary/aromatic N) is 1. The monoisotopic (exact) mass is 393 g/mol. The first-order chi connectivity index (χ1) is 13.8. The molecule has 0 unspecified atom stereocenters. The highest BCUT2D eigenvalue weighted by Gasteiger charge is 2.42. The lowest BCUT2D eigenvalue weighted by molar-refractivity contribution is 0.138. The van der Waals surface area contributed by atoms with Crippen molar-refractivity contribution in [2.24, 2.45) is 0 Å². The Kier molecular flexibility index (Phi) is 6.12. The summed E-state index contributed by atoms with van der Waals surface area (Å²) in [6.45, 7) is 0.764. The van der Waals surface area contributed by atoms with Crippen LogP contribution in [0.4, 0.5) is 4.79 Å². The van der Waals surface area contributed by atoms with Gasteiger partial charge in [-0.3, -0.25) is 4.90 Å². The summed E-state index contributed by atoms with van der Waals surface area (Å²) in [7, 11) is 0.945. The van der Waals surface area contributed by atoms with Crippen LogP contribution in [0, 0.1) is 0 Å². The van der Waals surface area contributed by atoms with Crippen LogP contribution in [0.15, 0.2) is 72.2 Å². The van der Waals surface area contributed by atoms with Gasteiger partial charge in [-0.1, -0.05) is 66.7 Å². The maximum atomic E-state index is 12.6. The van der Waals surface area contributed by atoms with E-state index < -0.39 is 7.92 Å². The van der Waals surface area contributed by atoms with Gasteiger partial charge in [0.25, 0.3) is 0 Å². The summed E-state index contributed by atoms with van der Waals surface area (Å²) in [5, 5.41) is 0. The van der Waals surface area contributed by atoms with E-state index in [9.17, 15) is 4.79 Å². The zero-order valence-electron chi connectivity index (χ0n) is 16.5. The molecule has 0 saturated carbocycles. The predicted octanol–water partition coefficient (Wildman–Crippen LogP) is 6.84. The minimum Gasteiger partial charge on any atom is -0.452 e. The molecule has 1 fully saturated rings. The van der Waals surface area contributed by atoms with E-state index in [4.69, 9.17) is 4.74 Å². The Morgan fingerprint density at radius 3 is 2.04 bits per heavy atom. The van der Waals surface area contributed by atoms with E-state index in [-0.39, 0.29) is 6.09 Å². The van der Waals surface area contributed by atoms with Crippen LogP contribution in [0.5, 0.6) is 0 Å². The lowest BCUT2D eigenvalue weighted by Crippen LogP contribution is -2.30. The molecule has 0 aromatic heterocycles. The van der Waals surface area contributed by atoms with Crippen LogP contribution in [-0.4, -0.2) is 24.6 Å². The molecule has 2 aromatic rings. The highest BCUT2D eigenvalue weighted by molar-refractivity contribution is 7.63. The van der Waals surface area contributed by atoms with Crippen molar-refractivity contribution >= 4 is 14.0 Å². The molecule has 146 valence electrons. The summed E-state index contributed by atoms with van der Waals surface area (Å²) in [4.78, 5) is 14.6. The van der Waals surface area contributed by atoms with Gasteiger partial charge >= 0.3 is 6.09 Å². The first-order valence-electron chi connectivity index (χ1n) is 10.2. The van der Waals surface area contributed by atoms with E-state index in [0.29, 0.717) is 11.3 Å². The highest BCUT2D eigenvalue weighted by atomic mass is 31.1. The molecule has 0 N–H and O–H groups in total. The third-order valence-electron chi connectivity index (χ3n) is 5.85. The molecular formula is C24H28NO2P. The largest absolute Gasteiger partial charge is 0.452 e. The number of rotatable bonds is 3. The average Bonchev–Trinajstić information content (AvgIpc) is 3.05. The summed E-state index contributed by atoms with van der Waals surface area (Å²) in [6, 6.07) is 21.7. The van der Waals surface area contributed by atoms with Gasteiger partial charge in [0.05, 0.1) is 7.11 Å². The SMILES string of the molecule is COC(=O)N1CCCCC=C1P1[C@H](c2ccccc2)CC[C@H]1c1ccccc1. The van der Waals surface area contributed by atoms with Gasteiger partial charge in [-0.25, -0.2) is 4.79 Å². The van der Waals surface area contributed by atoms with Gasteiger partial charge in [0, 0.05) is 23.3 Å². The van der Waals surface area contributed by atoms with E-state index in [1.165, 1.54) is 36.5 Å². The molecule has 2 aromatic carbocycles. The van der Waals surface area contributed by atoms with Crippen LogP contribution < -0.4 is 0 Å². The van der Waals surface area contributed by atoms with E-state index in [1.807, 2.05) is 4.90 Å². The lowest BCUT2D eigenvalue weighted by atomic mass is 10.0. The van der Waals surface area contributed by atoms with Crippen LogP contribution in [0.3, 0.4) is 0 Å². The van der Waals surface area contributed by atoms with Crippen molar-refractivity contribution in [2.75, 3.05) is 13.7 Å². The van der Waals surface area contributed by atoms with E-state index >= 15 is 0 Å². The summed E-state index contributed by atoms with van der Waals surface area (Å²) < 4.78 is 5.17. The minimum absolute atomic E-state index is 0.207. The van der Waals surface area contributed by atoms with Crippen molar-refractivity contribution in [3.05, 3.63) is 83.3 Å². The van der Waals surface area contributed by atoms with E-state index in [0.717, 1.165) is 25.8 Å². The number of allylic oxidation sites excluding steroid dienone is 1. The van der Waals surface area contributed by atoms with E-state index in [2.05, 4.69) is 66.7 Å². The fraction of sp³-hybridized carbons (Fsp3) is 0.375. The molecule has 0 radical (unpaired) electrons. The van der Waals surface area contributed by atoms with Gasteiger partial charge in [-0.05, 0) is 51.2 Å². The van der Waals surface area contributed by atoms with Crippen LogP contribution in [0.1, 0.15) is 54.5 Å². The standard InChI is InChI=1S/C24H28NO2P/c1-27-24(26)25-18-10-4-9-15-23(25)28-21(19-11-5-2-6-12-19)16-17-22(28)20-13-7-3-8-14-20/h2-3,5-8,11-15,21-22H,4,9-10,16-18H2,1H3/t21-,22-/m0/s1. The van der Waals surface area contributed by atoms with Gasteiger partial charge in [-0.2, -0.15) is 0 Å². The fourth-order valence-corrected chi connectivity index (χ4v) is 8.26. The Morgan fingerprint density at radius 1 is 0.929 bits per heavy atom. The van der Waals surface area contributed by atoms with Gasteiger partial charge in [0.2, 0.25) is 0 Å². The molecule has 4 heteroatoms. The lowest BCUT2D eigenvalue weighted by Gasteiger charge is -2.34. The normalized spacial score (nSPS) is 23.2. The van der Waals surface area contributed by atoms with Crippen molar-refractivity contribution in [1.29, 1.82) is 0 Å². The second-order valence-corrected chi connectivity index (χ2v) is 10.0. The van der Waals surface area contributed by atoms with Crippen molar-refractivity contribution in [3.8, 4) is 0 Å². The van der Waals surface area contributed by atoms with Crippen LogP contribution in [0.2, 0.25) is 0 Å². The van der Waals surface area contributed by atoms with Gasteiger partial charge in [0.15, 0.2) is 0 Å². The number of methoxy groups -OCH3 is 1. The van der Waals surface area contributed by atoms with Crippen LogP contribution in [0.25, 0.3) is 0 Å². The first-order valence-corrected chi connectivity index (χ1v) is 11.7. The molecule has 2 aliphatic heterocycles. The molecule has 2 aliphatic rings. The number of amides is 1. The molecule has 28 heavy (non-hydrogen) atoms. The molecule has 0 bridgehead atoms. The quantitative estimate of drug-likeness (QED) is 0.534. The Labute approximate surface area is 169 Å². The van der Waals surface area contributed by atoms with Crippen molar-refractivity contribution in [1.82, 2.24) is 4.90 Å². The number of carbonyl (C=O) groups is 1. The summed E-state index contributed by atoms with van der Waals surface area (Å²) in [5.74, 6) is 0. The smallest absolute Gasteiger partial charge is 0.414 e. The number of benzene rings is 2. The zero-order valence-corrected chi connectivity index (χ0v) is 17.4. The van der Waals surface area contributed by atoms with Gasteiger partial charge in [0.1, 0.15) is 0 Å². The van der Waals surface area contributed by atoms with Gasteiger partial charge < -0.3 is 4.74 Å². The van der Waals surface area contributed by atoms with Crippen molar-refractivity contribution in [3.63, 3.8) is 0 Å². The molecule has 2 heterocycles. The molecular weight excluding hydrogens is 365 g/mol. The average molecular weight is 393 g/mol. The highest BCUT2D eigenvalue weighted by Crippen LogP contribution is 2.74. The minimum atomic E-state index is -0.551. The second kappa shape index (κ2) is 8.92. The number of carbonyl (C=O) groups excluding carboxylic acids is 1. The zero-order chi connectivity index (χ0) is 19.3.